The van der Waals surface area contributed by atoms with Gasteiger partial charge in [-0.2, -0.15) is 0 Å². The molecule has 4 atom stereocenters. The molecule has 28 heavy (non-hydrogen) atoms. The van der Waals surface area contributed by atoms with Gasteiger partial charge in [0, 0.05) is 17.4 Å². The van der Waals surface area contributed by atoms with Gasteiger partial charge in [-0.3, -0.25) is 9.59 Å². The molecule has 5 nitrogen and oxygen atoms in total. The third-order valence-electron chi connectivity index (χ3n) is 6.19. The number of hydrogen-bond donors (Lipinski definition) is 3. The largest absolute Gasteiger partial charge is 0.481 e. The molecule has 0 saturated carbocycles. The number of carboxylic acids is 1. The van der Waals surface area contributed by atoms with Crippen LogP contribution in [0.4, 0.5) is 0 Å². The van der Waals surface area contributed by atoms with Crippen LogP contribution in [-0.4, -0.2) is 38.8 Å². The average Bonchev–Trinajstić information content (AvgIpc) is 2.92. The van der Waals surface area contributed by atoms with Crippen molar-refractivity contribution in [2.75, 3.05) is 0 Å². The Morgan fingerprint density at radius 3 is 2.43 bits per heavy atom. The van der Waals surface area contributed by atoms with Gasteiger partial charge in [-0.05, 0) is 38.2 Å². The molecular weight excluding hydrogens is 356 g/mol. The van der Waals surface area contributed by atoms with Gasteiger partial charge in [-0.25, -0.2) is 0 Å². The summed E-state index contributed by atoms with van der Waals surface area (Å²) in [6, 6.07) is 0. The number of unbranched alkanes of at least 4 members (excludes halogenated alkanes) is 2. The molecule has 0 aromatic carbocycles. The Hall–Kier alpha value is -1.64. The summed E-state index contributed by atoms with van der Waals surface area (Å²) in [5.74, 6) is 4.31. The lowest BCUT2D eigenvalue weighted by Gasteiger charge is -2.37. The fourth-order valence-electron chi connectivity index (χ4n) is 3.41. The average molecular weight is 393 g/mol. The molecule has 4 unspecified atom stereocenters. The summed E-state index contributed by atoms with van der Waals surface area (Å²) < 4.78 is 0. The third-order valence-corrected chi connectivity index (χ3v) is 6.19. The molecule has 0 aliphatic heterocycles. The first-order chi connectivity index (χ1) is 12.9. The lowest BCUT2D eigenvalue weighted by atomic mass is 9.71. The molecule has 0 radical (unpaired) electrons. The van der Waals surface area contributed by atoms with Gasteiger partial charge >= 0.3 is 5.97 Å². The van der Waals surface area contributed by atoms with Gasteiger partial charge in [0.2, 0.25) is 0 Å². The van der Waals surface area contributed by atoms with Crippen LogP contribution in [0.25, 0.3) is 0 Å². The maximum Gasteiger partial charge on any atom is 0.306 e. The first-order valence-electron chi connectivity index (χ1n) is 10.3. The van der Waals surface area contributed by atoms with Crippen LogP contribution in [0.2, 0.25) is 0 Å². The maximum atomic E-state index is 11.6. The fourth-order valence-corrected chi connectivity index (χ4v) is 3.41. The fraction of sp³-hybridized carbons (Fsp3) is 0.739. The van der Waals surface area contributed by atoms with E-state index in [1.54, 1.807) is 6.92 Å². The number of rotatable bonds is 10. The minimum absolute atomic E-state index is 0.00868. The van der Waals surface area contributed by atoms with Gasteiger partial charge in [-0.1, -0.05) is 58.8 Å². The number of ketones is 1. The topological polar surface area (TPSA) is 94.8 Å². The summed E-state index contributed by atoms with van der Waals surface area (Å²) in [6.45, 7) is 9.51. The van der Waals surface area contributed by atoms with Gasteiger partial charge in [0.25, 0.3) is 0 Å². The number of aliphatic carboxylic acids is 1. The monoisotopic (exact) mass is 392 g/mol. The van der Waals surface area contributed by atoms with Crippen molar-refractivity contribution in [3.05, 3.63) is 11.6 Å². The minimum Gasteiger partial charge on any atom is -0.481 e. The lowest BCUT2D eigenvalue weighted by molar-refractivity contribution is -0.144. The van der Waals surface area contributed by atoms with Gasteiger partial charge in [0.15, 0.2) is 5.78 Å². The summed E-state index contributed by atoms with van der Waals surface area (Å²) in [7, 11) is 0. The van der Waals surface area contributed by atoms with E-state index in [4.69, 9.17) is 0 Å². The van der Waals surface area contributed by atoms with Gasteiger partial charge in [-0.15, -0.1) is 0 Å². The summed E-state index contributed by atoms with van der Waals surface area (Å²) in [5, 5.41) is 30.3. The van der Waals surface area contributed by atoms with E-state index in [1.165, 1.54) is 6.08 Å². The molecule has 0 aromatic rings. The maximum absolute atomic E-state index is 11.6. The van der Waals surface area contributed by atoms with Gasteiger partial charge < -0.3 is 15.3 Å². The second-order valence-corrected chi connectivity index (χ2v) is 8.95. The number of carbonyl (C=O) groups excluding carboxylic acids is 1. The van der Waals surface area contributed by atoms with Crippen LogP contribution in [0, 0.1) is 29.1 Å². The Morgan fingerprint density at radius 1 is 1.29 bits per heavy atom. The van der Waals surface area contributed by atoms with E-state index in [0.29, 0.717) is 24.8 Å². The second kappa shape index (κ2) is 10.2. The summed E-state index contributed by atoms with van der Waals surface area (Å²) in [4.78, 5) is 23.0. The highest BCUT2D eigenvalue weighted by Gasteiger charge is 2.39. The Balaban J connectivity index is 2.76. The molecule has 5 heteroatoms. The number of aliphatic hydroxyl groups excluding tert-OH is 1. The quantitative estimate of drug-likeness (QED) is 0.389. The molecule has 0 saturated heterocycles. The highest BCUT2D eigenvalue weighted by atomic mass is 16.4. The van der Waals surface area contributed by atoms with Crippen LogP contribution in [0.3, 0.4) is 0 Å². The van der Waals surface area contributed by atoms with E-state index in [0.717, 1.165) is 19.3 Å². The van der Waals surface area contributed by atoms with Crippen LogP contribution in [0.5, 0.6) is 0 Å². The second-order valence-electron chi connectivity index (χ2n) is 8.95. The van der Waals surface area contributed by atoms with E-state index in [9.17, 15) is 24.9 Å². The normalized spacial score (nSPS) is 21.3. The summed E-state index contributed by atoms with van der Waals surface area (Å²) in [6.07, 6.45) is 5.48. The summed E-state index contributed by atoms with van der Waals surface area (Å²) >= 11 is 0. The number of carbonyl (C=O) groups is 2. The van der Waals surface area contributed by atoms with E-state index >= 15 is 0 Å². The molecule has 3 N–H and O–H groups in total. The number of hydrogen-bond acceptors (Lipinski definition) is 4. The number of allylic oxidation sites excluding steroid dienone is 1. The predicted octanol–water partition coefficient (Wildman–Crippen LogP) is 3.72. The highest BCUT2D eigenvalue weighted by molar-refractivity contribution is 5.95. The van der Waals surface area contributed by atoms with Gasteiger partial charge in [0.05, 0.1) is 12.0 Å². The van der Waals surface area contributed by atoms with Crippen molar-refractivity contribution >= 4 is 11.8 Å². The van der Waals surface area contributed by atoms with Crippen LogP contribution in [0.15, 0.2) is 11.6 Å². The number of carboxylic acid groups (broad SMARTS) is 1. The van der Waals surface area contributed by atoms with Gasteiger partial charge in [0.1, 0.15) is 5.60 Å². The first kappa shape index (κ1) is 24.4. The van der Waals surface area contributed by atoms with Crippen molar-refractivity contribution in [3.8, 4) is 11.8 Å². The highest BCUT2D eigenvalue weighted by Crippen LogP contribution is 2.38. The van der Waals surface area contributed by atoms with Crippen molar-refractivity contribution < 1.29 is 24.9 Å². The van der Waals surface area contributed by atoms with E-state index < -0.39 is 23.1 Å². The van der Waals surface area contributed by atoms with Crippen molar-refractivity contribution in [1.82, 2.24) is 0 Å². The molecule has 0 fully saturated rings. The van der Waals surface area contributed by atoms with Crippen LogP contribution >= 0.6 is 0 Å². The van der Waals surface area contributed by atoms with E-state index in [2.05, 4.69) is 18.8 Å². The Bertz CT molecular complexity index is 648. The Labute approximate surface area is 169 Å². The molecule has 0 amide bonds. The first-order valence-corrected chi connectivity index (χ1v) is 10.3. The van der Waals surface area contributed by atoms with E-state index in [-0.39, 0.29) is 24.0 Å². The molecular formula is C23H36O5. The van der Waals surface area contributed by atoms with Crippen molar-refractivity contribution in [3.63, 3.8) is 0 Å². The standard InChI is InChI=1S/C23H36O5/c1-6-7-8-9-19(21(26)27)16(2)10-12-22(3,4)23(5,28)13-11-17-14-18(24)15-20(17)25/h14,16,19-20,25,28H,6-10,12,15H2,1-5H3,(H,26,27). The number of aliphatic hydroxyl groups is 2. The molecule has 0 aromatic heterocycles. The summed E-state index contributed by atoms with van der Waals surface area (Å²) in [5.41, 5.74) is -1.56. The van der Waals surface area contributed by atoms with Crippen molar-refractivity contribution in [2.24, 2.45) is 17.3 Å². The SMILES string of the molecule is CCCCCC(C(=O)O)C(C)CCC(C)(C)C(C)(O)C#CC1=CC(=O)CC1O. The zero-order chi connectivity index (χ0) is 21.5. The third kappa shape index (κ3) is 6.76. The molecule has 158 valence electrons. The zero-order valence-electron chi connectivity index (χ0n) is 17.9. The van der Waals surface area contributed by atoms with Crippen LogP contribution in [0.1, 0.15) is 79.6 Å². The molecule has 1 aliphatic rings. The lowest BCUT2D eigenvalue weighted by Crippen LogP contribution is -2.41. The Kier molecular flexibility index (Phi) is 8.91. The van der Waals surface area contributed by atoms with Crippen LogP contribution < -0.4 is 0 Å². The molecule has 1 aliphatic carbocycles. The predicted molar refractivity (Wildman–Crippen MR) is 110 cm³/mol. The van der Waals surface area contributed by atoms with Crippen molar-refractivity contribution in [2.45, 2.75) is 91.3 Å². The minimum atomic E-state index is -1.33. The molecule has 0 spiro atoms. The molecule has 1 rings (SSSR count). The molecule has 0 bridgehead atoms. The Morgan fingerprint density at radius 2 is 1.93 bits per heavy atom. The van der Waals surface area contributed by atoms with Crippen molar-refractivity contribution in [1.29, 1.82) is 0 Å². The van der Waals surface area contributed by atoms with Crippen LogP contribution in [-0.2, 0) is 9.59 Å². The zero-order valence-corrected chi connectivity index (χ0v) is 17.9. The van der Waals surface area contributed by atoms with E-state index in [1.807, 2.05) is 20.8 Å². The molecule has 0 heterocycles. The smallest absolute Gasteiger partial charge is 0.306 e.